The summed E-state index contributed by atoms with van der Waals surface area (Å²) in [5.41, 5.74) is 19.2. The van der Waals surface area contributed by atoms with E-state index >= 15 is 0 Å². The van der Waals surface area contributed by atoms with Gasteiger partial charge in [0.05, 0.1) is 5.41 Å². The van der Waals surface area contributed by atoms with Gasteiger partial charge in [0.2, 0.25) is 0 Å². The van der Waals surface area contributed by atoms with Gasteiger partial charge < -0.3 is 4.90 Å². The number of anilines is 3. The normalized spacial score (nSPS) is 14.8. The maximum Gasteiger partial charge on any atom is 0.0725 e. The molecule has 0 amide bonds. The number of rotatable bonds is 3. The first-order valence-corrected chi connectivity index (χ1v) is 18.0. The second-order valence-corrected chi connectivity index (χ2v) is 14.9. The van der Waals surface area contributed by atoms with Gasteiger partial charge in [0.25, 0.3) is 0 Å². The summed E-state index contributed by atoms with van der Waals surface area (Å²) in [4.78, 5) is 2.38. The molecule has 3 aliphatic carbocycles. The average Bonchev–Trinajstić information content (AvgIpc) is 3.59. The Balaban J connectivity index is 1.20. The predicted octanol–water partition coefficient (Wildman–Crippen LogP) is 13.0. The summed E-state index contributed by atoms with van der Waals surface area (Å²) in [5, 5.41) is 2.67. The zero-order chi connectivity index (χ0) is 33.9. The van der Waals surface area contributed by atoms with Crippen molar-refractivity contribution < 1.29 is 0 Å². The SMILES string of the molecule is CC1(C)c2cc(N(c3ccccc3)c3ccccc3)ccc2-c2cc3c(cc21)-c1cccc2cccc(c12)C31c2ccccc2-c2ccccc21. The lowest BCUT2D eigenvalue weighted by atomic mass is 9.61. The van der Waals surface area contributed by atoms with E-state index in [1.165, 1.54) is 83.2 Å². The molecule has 1 nitrogen and oxygen atoms in total. The molecule has 0 aromatic heterocycles. The van der Waals surface area contributed by atoms with Crippen molar-refractivity contribution in [1.82, 2.24) is 0 Å². The van der Waals surface area contributed by atoms with E-state index in [9.17, 15) is 0 Å². The Hall–Kier alpha value is -6.18. The number of hydrogen-bond donors (Lipinski definition) is 0. The summed E-state index contributed by atoms with van der Waals surface area (Å²) in [6.45, 7) is 4.83. The average molecular weight is 650 g/mol. The number of benzene rings is 8. The molecule has 11 rings (SSSR count). The fraction of sp³-hybridized carbons (Fsp3) is 0.0800. The molecule has 0 aliphatic heterocycles. The monoisotopic (exact) mass is 649 g/mol. The van der Waals surface area contributed by atoms with Crippen LogP contribution in [0.25, 0.3) is 44.2 Å². The van der Waals surface area contributed by atoms with Gasteiger partial charge in [-0.05, 0) is 126 Å². The summed E-state index contributed by atoms with van der Waals surface area (Å²) in [7, 11) is 0. The fourth-order valence-electron chi connectivity index (χ4n) is 9.88. The molecule has 0 unspecified atom stereocenters. The smallest absolute Gasteiger partial charge is 0.0725 e. The molecule has 0 heterocycles. The van der Waals surface area contributed by atoms with Gasteiger partial charge in [0.1, 0.15) is 0 Å². The summed E-state index contributed by atoms with van der Waals surface area (Å²) in [6, 6.07) is 65.8. The Kier molecular flexibility index (Phi) is 5.72. The van der Waals surface area contributed by atoms with E-state index in [1.807, 2.05) is 0 Å². The van der Waals surface area contributed by atoms with Crippen LogP contribution in [0.4, 0.5) is 17.1 Å². The standard InChI is InChI=1S/C50H35N/c1-49(2)45-29-35(51(33-17-5-3-6-18-33)34-19-7-4-8-20-34)27-28-38(45)40-31-47-41(30-46(40)49)39-23-13-15-32-16-14-26-44(48(32)39)50(47)42-24-11-9-21-36(42)37-22-10-12-25-43(37)50/h3-31H,1-2H3. The lowest BCUT2D eigenvalue weighted by Crippen LogP contribution is -2.32. The molecule has 1 spiro atoms. The first kappa shape index (κ1) is 28.6. The van der Waals surface area contributed by atoms with E-state index in [2.05, 4.69) is 195 Å². The molecule has 0 saturated heterocycles. The van der Waals surface area contributed by atoms with Crippen LogP contribution in [0.1, 0.15) is 47.2 Å². The van der Waals surface area contributed by atoms with Crippen LogP contribution in [-0.4, -0.2) is 0 Å². The van der Waals surface area contributed by atoms with Crippen LogP contribution in [0, 0.1) is 0 Å². The fourth-order valence-corrected chi connectivity index (χ4v) is 9.88. The molecule has 0 saturated carbocycles. The minimum atomic E-state index is -0.421. The van der Waals surface area contributed by atoms with Crippen molar-refractivity contribution in [3.8, 4) is 33.4 Å². The summed E-state index contributed by atoms with van der Waals surface area (Å²) in [6.07, 6.45) is 0. The largest absolute Gasteiger partial charge is 0.310 e. The van der Waals surface area contributed by atoms with Crippen molar-refractivity contribution in [2.45, 2.75) is 24.7 Å². The maximum absolute atomic E-state index is 2.58. The molecular weight excluding hydrogens is 615 g/mol. The number of nitrogens with zero attached hydrogens (tertiary/aromatic N) is 1. The van der Waals surface area contributed by atoms with Crippen molar-refractivity contribution in [3.63, 3.8) is 0 Å². The first-order valence-electron chi connectivity index (χ1n) is 18.0. The van der Waals surface area contributed by atoms with E-state index in [-0.39, 0.29) is 5.41 Å². The Labute approximate surface area is 299 Å². The quantitative estimate of drug-likeness (QED) is 0.184. The lowest BCUT2D eigenvalue weighted by Gasteiger charge is -2.40. The number of fused-ring (bicyclic) bond motifs is 12. The zero-order valence-electron chi connectivity index (χ0n) is 28.7. The van der Waals surface area contributed by atoms with Gasteiger partial charge >= 0.3 is 0 Å². The van der Waals surface area contributed by atoms with Crippen LogP contribution in [0.15, 0.2) is 176 Å². The number of para-hydroxylation sites is 2. The highest BCUT2D eigenvalue weighted by Crippen LogP contribution is 2.64. The summed E-state index contributed by atoms with van der Waals surface area (Å²) >= 11 is 0. The Bertz CT molecular complexity index is 2630. The van der Waals surface area contributed by atoms with Crippen LogP contribution in [0.3, 0.4) is 0 Å². The summed E-state index contributed by atoms with van der Waals surface area (Å²) in [5.74, 6) is 0. The minimum absolute atomic E-state index is 0.196. The molecule has 8 aromatic carbocycles. The van der Waals surface area contributed by atoms with Crippen LogP contribution in [-0.2, 0) is 10.8 Å². The molecule has 0 atom stereocenters. The van der Waals surface area contributed by atoms with Crippen LogP contribution >= 0.6 is 0 Å². The molecule has 0 fully saturated rings. The molecule has 8 aromatic rings. The van der Waals surface area contributed by atoms with E-state index in [4.69, 9.17) is 0 Å². The van der Waals surface area contributed by atoms with Crippen LogP contribution in [0.2, 0.25) is 0 Å². The Morgan fingerprint density at radius 3 is 1.49 bits per heavy atom. The minimum Gasteiger partial charge on any atom is -0.310 e. The zero-order valence-corrected chi connectivity index (χ0v) is 28.7. The highest BCUT2D eigenvalue weighted by atomic mass is 15.1. The summed E-state index contributed by atoms with van der Waals surface area (Å²) < 4.78 is 0. The van der Waals surface area contributed by atoms with Gasteiger partial charge in [-0.1, -0.05) is 141 Å². The van der Waals surface area contributed by atoms with E-state index in [1.54, 1.807) is 0 Å². The van der Waals surface area contributed by atoms with Gasteiger partial charge in [-0.25, -0.2) is 0 Å². The molecular formula is C50H35N. The van der Waals surface area contributed by atoms with Crippen molar-refractivity contribution in [1.29, 1.82) is 0 Å². The van der Waals surface area contributed by atoms with Gasteiger partial charge in [-0.15, -0.1) is 0 Å². The topological polar surface area (TPSA) is 3.24 Å². The van der Waals surface area contributed by atoms with Gasteiger partial charge in [0, 0.05) is 22.5 Å². The van der Waals surface area contributed by atoms with Crippen LogP contribution < -0.4 is 4.90 Å². The molecule has 51 heavy (non-hydrogen) atoms. The van der Waals surface area contributed by atoms with E-state index in [0.29, 0.717) is 0 Å². The molecule has 240 valence electrons. The second kappa shape index (κ2) is 10.2. The van der Waals surface area contributed by atoms with Crippen molar-refractivity contribution in [3.05, 3.63) is 209 Å². The van der Waals surface area contributed by atoms with Gasteiger partial charge in [0.15, 0.2) is 0 Å². The van der Waals surface area contributed by atoms with Crippen molar-refractivity contribution >= 4 is 27.8 Å². The highest BCUT2D eigenvalue weighted by molar-refractivity contribution is 6.08. The molecule has 0 N–H and O–H groups in total. The third kappa shape index (κ3) is 3.65. The Morgan fingerprint density at radius 2 is 0.824 bits per heavy atom. The first-order chi connectivity index (χ1) is 25.1. The van der Waals surface area contributed by atoms with Crippen LogP contribution in [0.5, 0.6) is 0 Å². The second-order valence-electron chi connectivity index (χ2n) is 14.9. The molecule has 0 radical (unpaired) electrons. The van der Waals surface area contributed by atoms with Crippen molar-refractivity contribution in [2.24, 2.45) is 0 Å². The molecule has 0 bridgehead atoms. The van der Waals surface area contributed by atoms with E-state index in [0.717, 1.165) is 11.4 Å². The third-order valence-electron chi connectivity index (χ3n) is 12.0. The molecule has 3 aliphatic rings. The van der Waals surface area contributed by atoms with Gasteiger partial charge in [-0.2, -0.15) is 0 Å². The maximum atomic E-state index is 2.58. The highest BCUT2D eigenvalue weighted by Gasteiger charge is 2.51. The lowest BCUT2D eigenvalue weighted by molar-refractivity contribution is 0.659. The van der Waals surface area contributed by atoms with Crippen molar-refractivity contribution in [2.75, 3.05) is 4.90 Å². The number of hydrogen-bond acceptors (Lipinski definition) is 1. The third-order valence-corrected chi connectivity index (χ3v) is 12.0. The molecule has 1 heteroatoms. The van der Waals surface area contributed by atoms with E-state index < -0.39 is 5.41 Å². The Morgan fingerprint density at radius 1 is 0.333 bits per heavy atom. The van der Waals surface area contributed by atoms with Gasteiger partial charge in [-0.3, -0.25) is 0 Å². The predicted molar refractivity (Wildman–Crippen MR) is 212 cm³/mol.